The van der Waals surface area contributed by atoms with Gasteiger partial charge in [0.05, 0.1) is 6.20 Å². The van der Waals surface area contributed by atoms with Crippen LogP contribution in [0.2, 0.25) is 0 Å². The molecule has 106 valence electrons. The number of aryl methyl sites for hydroxylation is 1. The molecule has 2 atom stereocenters. The molecule has 2 rings (SSSR count). The number of aromatic nitrogens is 2. The zero-order chi connectivity index (χ0) is 13.8. The van der Waals surface area contributed by atoms with E-state index in [0.717, 1.165) is 25.1 Å². The SMILES string of the molecule is CCN1CCCC1CNC(=O)C(N)c1cnn(C)c1. The van der Waals surface area contributed by atoms with E-state index < -0.39 is 6.04 Å². The van der Waals surface area contributed by atoms with Gasteiger partial charge in [-0.05, 0) is 25.9 Å². The van der Waals surface area contributed by atoms with Crippen LogP contribution in [0, 0.1) is 0 Å². The smallest absolute Gasteiger partial charge is 0.241 e. The van der Waals surface area contributed by atoms with E-state index in [1.54, 1.807) is 17.1 Å². The first-order valence-electron chi connectivity index (χ1n) is 6.87. The van der Waals surface area contributed by atoms with Gasteiger partial charge in [0.2, 0.25) is 5.91 Å². The fourth-order valence-electron chi connectivity index (χ4n) is 2.62. The Hall–Kier alpha value is -1.40. The maximum absolute atomic E-state index is 12.0. The number of likely N-dealkylation sites (N-methyl/N-ethyl adjacent to an activating group) is 1. The van der Waals surface area contributed by atoms with Crippen LogP contribution in [0.1, 0.15) is 31.4 Å². The molecule has 1 aromatic rings. The lowest BCUT2D eigenvalue weighted by Crippen LogP contribution is -2.43. The molecule has 0 aromatic carbocycles. The van der Waals surface area contributed by atoms with Crippen LogP contribution in [0.5, 0.6) is 0 Å². The van der Waals surface area contributed by atoms with Crippen molar-refractivity contribution in [2.45, 2.75) is 31.8 Å². The Balaban J connectivity index is 1.84. The fraction of sp³-hybridized carbons (Fsp3) is 0.692. The normalized spacial score (nSPS) is 21.5. The average molecular weight is 265 g/mol. The van der Waals surface area contributed by atoms with Gasteiger partial charge in [0.1, 0.15) is 6.04 Å². The first-order chi connectivity index (χ1) is 9.11. The van der Waals surface area contributed by atoms with E-state index in [2.05, 4.69) is 22.2 Å². The van der Waals surface area contributed by atoms with Gasteiger partial charge in [0, 0.05) is 31.4 Å². The Labute approximate surface area is 113 Å². The molecule has 19 heavy (non-hydrogen) atoms. The summed E-state index contributed by atoms with van der Waals surface area (Å²) in [6.45, 7) is 5.00. The summed E-state index contributed by atoms with van der Waals surface area (Å²) < 4.78 is 1.65. The second-order valence-corrected chi connectivity index (χ2v) is 5.09. The second-order valence-electron chi connectivity index (χ2n) is 5.09. The van der Waals surface area contributed by atoms with Crippen molar-refractivity contribution in [3.8, 4) is 0 Å². The number of carbonyl (C=O) groups excluding carboxylic acids is 1. The van der Waals surface area contributed by atoms with Gasteiger partial charge in [-0.2, -0.15) is 5.10 Å². The maximum Gasteiger partial charge on any atom is 0.241 e. The van der Waals surface area contributed by atoms with Crippen LogP contribution in [-0.4, -0.2) is 46.3 Å². The number of rotatable bonds is 5. The van der Waals surface area contributed by atoms with Crippen LogP contribution in [0.15, 0.2) is 12.4 Å². The number of likely N-dealkylation sites (tertiary alicyclic amines) is 1. The minimum absolute atomic E-state index is 0.129. The Morgan fingerprint density at radius 2 is 2.47 bits per heavy atom. The molecule has 1 aromatic heterocycles. The maximum atomic E-state index is 12.0. The van der Waals surface area contributed by atoms with Crippen molar-refractivity contribution in [3.63, 3.8) is 0 Å². The molecule has 0 saturated carbocycles. The van der Waals surface area contributed by atoms with E-state index in [4.69, 9.17) is 5.73 Å². The van der Waals surface area contributed by atoms with Gasteiger partial charge < -0.3 is 11.1 Å². The van der Waals surface area contributed by atoms with Crippen molar-refractivity contribution in [2.24, 2.45) is 12.8 Å². The summed E-state index contributed by atoms with van der Waals surface area (Å²) in [5.41, 5.74) is 6.67. The van der Waals surface area contributed by atoms with Crippen molar-refractivity contribution in [2.75, 3.05) is 19.6 Å². The predicted molar refractivity (Wildman–Crippen MR) is 73.4 cm³/mol. The summed E-state index contributed by atoms with van der Waals surface area (Å²) in [7, 11) is 1.81. The third-order valence-electron chi connectivity index (χ3n) is 3.78. The zero-order valence-electron chi connectivity index (χ0n) is 11.7. The lowest BCUT2D eigenvalue weighted by molar-refractivity contribution is -0.122. The Kier molecular flexibility index (Phi) is 4.55. The van der Waals surface area contributed by atoms with Gasteiger partial charge >= 0.3 is 0 Å². The minimum Gasteiger partial charge on any atom is -0.353 e. The summed E-state index contributed by atoms with van der Waals surface area (Å²) in [6.07, 6.45) is 5.77. The van der Waals surface area contributed by atoms with Crippen LogP contribution in [0.3, 0.4) is 0 Å². The molecule has 1 fully saturated rings. The molecular formula is C13H23N5O. The van der Waals surface area contributed by atoms with Crippen LogP contribution in [0.25, 0.3) is 0 Å². The van der Waals surface area contributed by atoms with E-state index in [-0.39, 0.29) is 5.91 Å². The average Bonchev–Trinajstić information content (AvgIpc) is 3.03. The molecule has 1 aliphatic rings. The van der Waals surface area contributed by atoms with Gasteiger partial charge in [0.25, 0.3) is 0 Å². The number of nitrogens with zero attached hydrogens (tertiary/aromatic N) is 3. The third-order valence-corrected chi connectivity index (χ3v) is 3.78. The Bertz CT molecular complexity index is 430. The quantitative estimate of drug-likeness (QED) is 0.787. The number of amides is 1. The second kappa shape index (κ2) is 6.16. The van der Waals surface area contributed by atoms with E-state index in [9.17, 15) is 4.79 Å². The third kappa shape index (κ3) is 3.33. The predicted octanol–water partition coefficient (Wildman–Crippen LogP) is 0.0204. The first kappa shape index (κ1) is 14.0. The van der Waals surface area contributed by atoms with Crippen molar-refractivity contribution >= 4 is 5.91 Å². The lowest BCUT2D eigenvalue weighted by Gasteiger charge is -2.23. The highest BCUT2D eigenvalue weighted by Crippen LogP contribution is 2.16. The molecule has 1 aliphatic heterocycles. The number of hydrogen-bond acceptors (Lipinski definition) is 4. The molecule has 1 amide bonds. The summed E-state index contributed by atoms with van der Waals surface area (Å²) in [6, 6.07) is -0.180. The van der Waals surface area contributed by atoms with Gasteiger partial charge in [-0.3, -0.25) is 14.4 Å². The molecule has 0 radical (unpaired) electrons. The fourth-order valence-corrected chi connectivity index (χ4v) is 2.62. The molecule has 0 spiro atoms. The van der Waals surface area contributed by atoms with Crippen molar-refractivity contribution in [1.29, 1.82) is 0 Å². The van der Waals surface area contributed by atoms with Gasteiger partial charge in [0.15, 0.2) is 0 Å². The summed E-state index contributed by atoms with van der Waals surface area (Å²) >= 11 is 0. The molecule has 6 heteroatoms. The lowest BCUT2D eigenvalue weighted by atomic mass is 10.1. The number of nitrogens with two attached hydrogens (primary N) is 1. The highest BCUT2D eigenvalue weighted by Gasteiger charge is 2.24. The number of hydrogen-bond donors (Lipinski definition) is 2. The highest BCUT2D eigenvalue weighted by atomic mass is 16.2. The molecule has 0 bridgehead atoms. The minimum atomic E-state index is -0.634. The summed E-state index contributed by atoms with van der Waals surface area (Å²) in [5.74, 6) is -0.129. The van der Waals surface area contributed by atoms with E-state index in [1.807, 2.05) is 7.05 Å². The Morgan fingerprint density at radius 1 is 1.68 bits per heavy atom. The number of nitrogens with one attached hydrogen (secondary N) is 1. The van der Waals surface area contributed by atoms with Crippen LogP contribution in [-0.2, 0) is 11.8 Å². The molecular weight excluding hydrogens is 242 g/mol. The zero-order valence-corrected chi connectivity index (χ0v) is 11.7. The largest absolute Gasteiger partial charge is 0.353 e. The standard InChI is InChI=1S/C13H23N5O/c1-3-18-6-4-5-11(18)8-15-13(19)12(14)10-7-16-17(2)9-10/h7,9,11-12H,3-6,8,14H2,1-2H3,(H,15,19). The van der Waals surface area contributed by atoms with Crippen molar-refractivity contribution in [1.82, 2.24) is 20.0 Å². The van der Waals surface area contributed by atoms with Gasteiger partial charge in [-0.25, -0.2) is 0 Å². The van der Waals surface area contributed by atoms with Crippen molar-refractivity contribution < 1.29 is 4.79 Å². The number of carbonyl (C=O) groups is 1. The monoisotopic (exact) mass is 265 g/mol. The summed E-state index contributed by atoms with van der Waals surface area (Å²) in [5, 5.41) is 6.99. The molecule has 2 unspecified atom stereocenters. The molecule has 0 aliphatic carbocycles. The topological polar surface area (TPSA) is 76.2 Å². The molecule has 6 nitrogen and oxygen atoms in total. The Morgan fingerprint density at radius 3 is 3.11 bits per heavy atom. The molecule has 3 N–H and O–H groups in total. The summed E-state index contributed by atoms with van der Waals surface area (Å²) in [4.78, 5) is 14.4. The van der Waals surface area contributed by atoms with Crippen LogP contribution >= 0.6 is 0 Å². The van der Waals surface area contributed by atoms with E-state index in [0.29, 0.717) is 12.6 Å². The van der Waals surface area contributed by atoms with Crippen LogP contribution < -0.4 is 11.1 Å². The van der Waals surface area contributed by atoms with Gasteiger partial charge in [-0.15, -0.1) is 0 Å². The van der Waals surface area contributed by atoms with E-state index in [1.165, 1.54) is 6.42 Å². The van der Waals surface area contributed by atoms with Crippen LogP contribution in [0.4, 0.5) is 0 Å². The molecule has 1 saturated heterocycles. The highest BCUT2D eigenvalue weighted by molar-refractivity contribution is 5.82. The van der Waals surface area contributed by atoms with E-state index >= 15 is 0 Å². The van der Waals surface area contributed by atoms with Gasteiger partial charge in [-0.1, -0.05) is 6.92 Å². The first-order valence-corrected chi connectivity index (χ1v) is 6.87. The molecule has 2 heterocycles. The van der Waals surface area contributed by atoms with Crippen molar-refractivity contribution in [3.05, 3.63) is 18.0 Å².